The van der Waals surface area contributed by atoms with Gasteiger partial charge in [0.1, 0.15) is 11.4 Å². The Balaban J connectivity index is 1.71. The molecule has 0 spiro atoms. The number of nitrogens with zero attached hydrogens (tertiary/aromatic N) is 1. The highest BCUT2D eigenvalue weighted by Gasteiger charge is 2.25. The Labute approximate surface area is 141 Å². The summed E-state index contributed by atoms with van der Waals surface area (Å²) in [6.45, 7) is 2.06. The third-order valence-electron chi connectivity index (χ3n) is 4.22. The molecular formula is C19H20N2O3. The normalized spacial score (nSPS) is 13.2. The lowest BCUT2D eigenvalue weighted by atomic mass is 10.0. The number of aryl methyl sites for hydroxylation is 2. The topological polar surface area (TPSA) is 58.6 Å². The summed E-state index contributed by atoms with van der Waals surface area (Å²) >= 11 is 0. The standard InChI is InChI=1S/C19H20N2O3/c1-13-6-3-4-7-14(13)10-11-17(22)20-15-8-5-9-16-19(15)21(2)18(23)12-24-16/h3-9H,10-12H2,1-2H3,(H,20,22). The number of hydrogen-bond acceptors (Lipinski definition) is 3. The Kier molecular flexibility index (Phi) is 4.51. The minimum Gasteiger partial charge on any atom is -0.481 e. The van der Waals surface area contributed by atoms with Crippen LogP contribution in [0.2, 0.25) is 0 Å². The number of rotatable bonds is 4. The predicted molar refractivity (Wildman–Crippen MR) is 93.5 cm³/mol. The molecule has 5 nitrogen and oxygen atoms in total. The third-order valence-corrected chi connectivity index (χ3v) is 4.22. The summed E-state index contributed by atoms with van der Waals surface area (Å²) in [4.78, 5) is 25.7. The van der Waals surface area contributed by atoms with E-state index in [-0.39, 0.29) is 18.4 Å². The number of likely N-dealkylation sites (N-methyl/N-ethyl adjacent to an activating group) is 1. The second-order valence-electron chi connectivity index (χ2n) is 5.87. The van der Waals surface area contributed by atoms with Gasteiger partial charge in [-0.15, -0.1) is 0 Å². The van der Waals surface area contributed by atoms with Gasteiger partial charge in [0.15, 0.2) is 6.61 Å². The van der Waals surface area contributed by atoms with Crippen molar-refractivity contribution in [2.75, 3.05) is 23.9 Å². The minimum atomic E-state index is -0.135. The summed E-state index contributed by atoms with van der Waals surface area (Å²) in [5.74, 6) is 0.385. The first-order chi connectivity index (χ1) is 11.6. The van der Waals surface area contributed by atoms with Crippen LogP contribution in [0.25, 0.3) is 0 Å². The van der Waals surface area contributed by atoms with Gasteiger partial charge in [-0.25, -0.2) is 0 Å². The number of nitrogens with one attached hydrogen (secondary N) is 1. The van der Waals surface area contributed by atoms with Crippen molar-refractivity contribution < 1.29 is 14.3 Å². The van der Waals surface area contributed by atoms with Crippen molar-refractivity contribution in [1.29, 1.82) is 0 Å². The molecule has 1 aliphatic heterocycles. The van der Waals surface area contributed by atoms with Gasteiger partial charge in [-0.2, -0.15) is 0 Å². The maximum atomic E-state index is 12.3. The molecule has 0 unspecified atom stereocenters. The number of carbonyl (C=O) groups is 2. The van der Waals surface area contributed by atoms with E-state index in [9.17, 15) is 9.59 Å². The Morgan fingerprint density at radius 1 is 1.21 bits per heavy atom. The molecule has 0 saturated heterocycles. The van der Waals surface area contributed by atoms with Gasteiger partial charge in [0.2, 0.25) is 5.91 Å². The average molecular weight is 324 g/mol. The van der Waals surface area contributed by atoms with Crippen LogP contribution in [0.3, 0.4) is 0 Å². The first-order valence-electron chi connectivity index (χ1n) is 7.93. The third kappa shape index (κ3) is 3.25. The number of fused-ring (bicyclic) bond motifs is 1. The fourth-order valence-electron chi connectivity index (χ4n) is 2.80. The molecular weight excluding hydrogens is 304 g/mol. The number of carbonyl (C=O) groups excluding carboxylic acids is 2. The largest absolute Gasteiger partial charge is 0.481 e. The molecule has 0 atom stereocenters. The lowest BCUT2D eigenvalue weighted by molar-refractivity contribution is -0.121. The number of amides is 2. The summed E-state index contributed by atoms with van der Waals surface area (Å²) in [7, 11) is 1.69. The van der Waals surface area contributed by atoms with E-state index in [1.54, 1.807) is 25.2 Å². The van der Waals surface area contributed by atoms with Crippen molar-refractivity contribution in [3.8, 4) is 5.75 Å². The molecule has 1 N–H and O–H groups in total. The maximum Gasteiger partial charge on any atom is 0.264 e. The van der Waals surface area contributed by atoms with Gasteiger partial charge in [0, 0.05) is 13.5 Å². The molecule has 0 radical (unpaired) electrons. The van der Waals surface area contributed by atoms with Crippen LogP contribution in [0, 0.1) is 6.92 Å². The van der Waals surface area contributed by atoms with Gasteiger partial charge in [-0.3, -0.25) is 9.59 Å². The number of hydrogen-bond donors (Lipinski definition) is 1. The van der Waals surface area contributed by atoms with Crippen molar-refractivity contribution in [1.82, 2.24) is 0 Å². The molecule has 0 fully saturated rings. The van der Waals surface area contributed by atoms with Gasteiger partial charge in [0.05, 0.1) is 5.69 Å². The van der Waals surface area contributed by atoms with E-state index in [1.165, 1.54) is 16.0 Å². The molecule has 5 heteroatoms. The summed E-state index contributed by atoms with van der Waals surface area (Å²) < 4.78 is 5.43. The van der Waals surface area contributed by atoms with Gasteiger partial charge in [0.25, 0.3) is 5.91 Å². The van der Waals surface area contributed by atoms with E-state index in [0.717, 1.165) is 0 Å². The summed E-state index contributed by atoms with van der Waals surface area (Å²) in [6, 6.07) is 13.4. The summed E-state index contributed by atoms with van der Waals surface area (Å²) in [6.07, 6.45) is 1.06. The lowest BCUT2D eigenvalue weighted by Crippen LogP contribution is -2.36. The van der Waals surface area contributed by atoms with Crippen molar-refractivity contribution >= 4 is 23.2 Å². The minimum absolute atomic E-state index is 0.0220. The highest BCUT2D eigenvalue weighted by molar-refractivity contribution is 6.04. The molecule has 2 aromatic carbocycles. The SMILES string of the molecule is Cc1ccccc1CCC(=O)Nc1cccc2c1N(C)C(=O)CO2. The number of benzene rings is 2. The van der Waals surface area contributed by atoms with Crippen LogP contribution in [0.15, 0.2) is 42.5 Å². The highest BCUT2D eigenvalue weighted by Crippen LogP contribution is 2.38. The van der Waals surface area contributed by atoms with Crippen LogP contribution in [-0.4, -0.2) is 25.5 Å². The molecule has 0 bridgehead atoms. The van der Waals surface area contributed by atoms with Crippen molar-refractivity contribution in [2.24, 2.45) is 0 Å². The molecule has 2 aromatic rings. The van der Waals surface area contributed by atoms with Crippen LogP contribution < -0.4 is 15.0 Å². The van der Waals surface area contributed by atoms with E-state index in [2.05, 4.69) is 5.32 Å². The van der Waals surface area contributed by atoms with Gasteiger partial charge < -0.3 is 15.0 Å². The zero-order valence-corrected chi connectivity index (χ0v) is 13.8. The smallest absolute Gasteiger partial charge is 0.264 e. The first kappa shape index (κ1) is 16.1. The molecule has 24 heavy (non-hydrogen) atoms. The monoisotopic (exact) mass is 324 g/mol. The maximum absolute atomic E-state index is 12.3. The first-order valence-corrected chi connectivity index (χ1v) is 7.93. The molecule has 1 heterocycles. The van der Waals surface area contributed by atoms with E-state index in [0.29, 0.717) is 30.0 Å². The highest BCUT2D eigenvalue weighted by atomic mass is 16.5. The van der Waals surface area contributed by atoms with Crippen LogP contribution >= 0.6 is 0 Å². The van der Waals surface area contributed by atoms with Crippen LogP contribution in [0.1, 0.15) is 17.5 Å². The Morgan fingerprint density at radius 2 is 2.00 bits per heavy atom. The van der Waals surface area contributed by atoms with E-state index < -0.39 is 0 Å². The van der Waals surface area contributed by atoms with E-state index in [1.807, 2.05) is 31.2 Å². The van der Waals surface area contributed by atoms with Crippen molar-refractivity contribution in [3.63, 3.8) is 0 Å². The predicted octanol–water partition coefficient (Wildman–Crippen LogP) is 2.92. The number of ether oxygens (including phenoxy) is 1. The second kappa shape index (κ2) is 6.74. The average Bonchev–Trinajstić information content (AvgIpc) is 2.57. The Bertz CT molecular complexity index is 786. The molecule has 3 rings (SSSR count). The fraction of sp³-hybridized carbons (Fsp3) is 0.263. The van der Waals surface area contributed by atoms with Crippen LogP contribution in [0.4, 0.5) is 11.4 Å². The molecule has 1 aliphatic rings. The van der Waals surface area contributed by atoms with Gasteiger partial charge in [-0.1, -0.05) is 30.3 Å². The second-order valence-corrected chi connectivity index (χ2v) is 5.87. The quantitative estimate of drug-likeness (QED) is 0.941. The van der Waals surface area contributed by atoms with Crippen molar-refractivity contribution in [3.05, 3.63) is 53.6 Å². The number of anilines is 2. The lowest BCUT2D eigenvalue weighted by Gasteiger charge is -2.28. The molecule has 2 amide bonds. The van der Waals surface area contributed by atoms with Gasteiger partial charge in [-0.05, 0) is 36.6 Å². The zero-order chi connectivity index (χ0) is 17.1. The van der Waals surface area contributed by atoms with Crippen molar-refractivity contribution in [2.45, 2.75) is 19.8 Å². The zero-order valence-electron chi connectivity index (χ0n) is 13.8. The molecule has 124 valence electrons. The molecule has 0 aromatic heterocycles. The summed E-state index contributed by atoms with van der Waals surface area (Å²) in [5, 5.41) is 2.90. The van der Waals surface area contributed by atoms with Crippen LogP contribution in [0.5, 0.6) is 5.75 Å². The van der Waals surface area contributed by atoms with Crippen LogP contribution in [-0.2, 0) is 16.0 Å². The Hall–Kier alpha value is -2.82. The van der Waals surface area contributed by atoms with E-state index >= 15 is 0 Å². The molecule has 0 aliphatic carbocycles. The molecule has 0 saturated carbocycles. The van der Waals surface area contributed by atoms with E-state index in [4.69, 9.17) is 4.74 Å². The number of para-hydroxylation sites is 1. The summed E-state index contributed by atoms with van der Waals surface area (Å²) in [5.41, 5.74) is 3.55. The fourth-order valence-corrected chi connectivity index (χ4v) is 2.80. The van der Waals surface area contributed by atoms with Gasteiger partial charge >= 0.3 is 0 Å². The Morgan fingerprint density at radius 3 is 2.79 bits per heavy atom.